The van der Waals surface area contributed by atoms with Crippen molar-refractivity contribution in [3.8, 4) is 11.4 Å². The van der Waals surface area contributed by atoms with Crippen molar-refractivity contribution in [2.24, 2.45) is 0 Å². The van der Waals surface area contributed by atoms with Crippen molar-refractivity contribution in [2.75, 3.05) is 4.72 Å². The number of phenolic OH excluding ortho intramolecular Hbond substituents is 1. The van der Waals surface area contributed by atoms with E-state index in [0.717, 1.165) is 22.2 Å². The van der Waals surface area contributed by atoms with E-state index in [2.05, 4.69) is 4.72 Å². The fraction of sp³-hybridized carbons (Fsp3) is 0.0909. The van der Waals surface area contributed by atoms with Gasteiger partial charge in [0.05, 0.1) is 26.8 Å². The molecular formula is C22H19ClN2O3S. The van der Waals surface area contributed by atoms with Gasteiger partial charge in [0, 0.05) is 11.1 Å². The summed E-state index contributed by atoms with van der Waals surface area (Å²) in [5.74, 6) is -0.113. The van der Waals surface area contributed by atoms with Crippen molar-refractivity contribution in [1.82, 2.24) is 4.57 Å². The molecule has 0 spiro atoms. The summed E-state index contributed by atoms with van der Waals surface area (Å²) in [4.78, 5) is 0.143. The minimum atomic E-state index is -3.79. The van der Waals surface area contributed by atoms with Crippen molar-refractivity contribution in [3.63, 3.8) is 0 Å². The highest BCUT2D eigenvalue weighted by Gasteiger charge is 2.20. The highest BCUT2D eigenvalue weighted by Crippen LogP contribution is 2.38. The van der Waals surface area contributed by atoms with Crippen LogP contribution in [0.15, 0.2) is 71.6 Å². The number of sulfonamides is 1. The van der Waals surface area contributed by atoms with Crippen molar-refractivity contribution in [1.29, 1.82) is 0 Å². The summed E-state index contributed by atoms with van der Waals surface area (Å²) in [7, 11) is -3.79. The third-order valence-electron chi connectivity index (χ3n) is 5.02. The molecule has 0 aliphatic heterocycles. The second-order valence-electron chi connectivity index (χ2n) is 6.81. The molecule has 4 rings (SSSR count). The fourth-order valence-electron chi connectivity index (χ4n) is 3.47. The number of phenols is 1. The van der Waals surface area contributed by atoms with E-state index in [1.165, 1.54) is 18.2 Å². The number of nitrogens with zero attached hydrogens (tertiary/aromatic N) is 1. The third kappa shape index (κ3) is 3.34. The average Bonchev–Trinajstić information content (AvgIpc) is 2.96. The molecule has 29 heavy (non-hydrogen) atoms. The number of para-hydroxylation sites is 1. The van der Waals surface area contributed by atoms with Gasteiger partial charge in [-0.2, -0.15) is 0 Å². The predicted octanol–water partition coefficient (Wildman–Crippen LogP) is 5.41. The average molecular weight is 427 g/mol. The van der Waals surface area contributed by atoms with Crippen LogP contribution in [0.1, 0.15) is 11.3 Å². The number of aromatic nitrogens is 1. The van der Waals surface area contributed by atoms with Gasteiger partial charge in [-0.25, -0.2) is 8.42 Å². The lowest BCUT2D eigenvalue weighted by atomic mass is 10.2. The molecule has 1 aromatic heterocycles. The molecule has 0 fully saturated rings. The van der Waals surface area contributed by atoms with Gasteiger partial charge >= 0.3 is 0 Å². The maximum atomic E-state index is 12.7. The molecule has 1 heterocycles. The molecular weight excluding hydrogens is 408 g/mol. The summed E-state index contributed by atoms with van der Waals surface area (Å²) >= 11 is 6.26. The Morgan fingerprint density at radius 2 is 1.62 bits per heavy atom. The smallest absolute Gasteiger partial charge is 0.261 e. The Kier molecular flexibility index (Phi) is 4.76. The van der Waals surface area contributed by atoms with Gasteiger partial charge in [-0.15, -0.1) is 0 Å². The van der Waals surface area contributed by atoms with Crippen molar-refractivity contribution < 1.29 is 13.5 Å². The number of anilines is 1. The molecule has 0 bridgehead atoms. The van der Waals surface area contributed by atoms with Gasteiger partial charge in [-0.05, 0) is 49.7 Å². The van der Waals surface area contributed by atoms with E-state index >= 15 is 0 Å². The molecule has 3 aromatic carbocycles. The molecule has 2 N–H and O–H groups in total. The van der Waals surface area contributed by atoms with Gasteiger partial charge in [0.2, 0.25) is 0 Å². The van der Waals surface area contributed by atoms with Crippen molar-refractivity contribution in [3.05, 3.63) is 83.0 Å². The first kappa shape index (κ1) is 19.4. The number of nitrogens with one attached hydrogen (secondary N) is 1. The van der Waals surface area contributed by atoms with Crippen molar-refractivity contribution in [2.45, 2.75) is 18.7 Å². The molecule has 0 aliphatic carbocycles. The number of hydrogen-bond acceptors (Lipinski definition) is 3. The highest BCUT2D eigenvalue weighted by molar-refractivity contribution is 7.92. The minimum Gasteiger partial charge on any atom is -0.504 e. The maximum absolute atomic E-state index is 12.7. The number of aryl methyl sites for hydroxylation is 1. The van der Waals surface area contributed by atoms with Crippen molar-refractivity contribution >= 4 is 38.2 Å². The number of benzene rings is 3. The Morgan fingerprint density at radius 3 is 2.34 bits per heavy atom. The molecule has 0 radical (unpaired) electrons. The van der Waals surface area contributed by atoms with E-state index in [1.54, 1.807) is 24.3 Å². The van der Waals surface area contributed by atoms with Crippen LogP contribution in [-0.2, 0) is 10.0 Å². The number of aromatic hydroxyl groups is 1. The Bertz CT molecular complexity index is 1330. The Hall–Kier alpha value is -2.96. The normalized spacial score (nSPS) is 11.7. The lowest BCUT2D eigenvalue weighted by Crippen LogP contribution is -2.13. The van der Waals surface area contributed by atoms with Gasteiger partial charge < -0.3 is 9.67 Å². The van der Waals surface area contributed by atoms with E-state index in [4.69, 9.17) is 11.6 Å². The molecule has 0 unspecified atom stereocenters. The zero-order valence-electron chi connectivity index (χ0n) is 15.8. The quantitative estimate of drug-likeness (QED) is 0.429. The predicted molar refractivity (Wildman–Crippen MR) is 117 cm³/mol. The molecule has 0 saturated carbocycles. The van der Waals surface area contributed by atoms with Crippen LogP contribution < -0.4 is 4.72 Å². The Morgan fingerprint density at radius 1 is 0.966 bits per heavy atom. The SMILES string of the molecule is Cc1c(C)n(-c2cc(NS(=O)(=O)c3ccccc3)cc(Cl)c2O)c2ccccc12. The van der Waals surface area contributed by atoms with Crippen LogP contribution in [-0.4, -0.2) is 18.1 Å². The molecule has 5 nitrogen and oxygen atoms in total. The lowest BCUT2D eigenvalue weighted by molar-refractivity contribution is 0.473. The maximum Gasteiger partial charge on any atom is 0.261 e. The Balaban J connectivity index is 1.88. The van der Waals surface area contributed by atoms with Crippen LogP contribution in [0.2, 0.25) is 5.02 Å². The highest BCUT2D eigenvalue weighted by atomic mass is 35.5. The number of rotatable bonds is 4. The van der Waals surface area contributed by atoms with E-state index in [-0.39, 0.29) is 21.4 Å². The molecule has 0 saturated heterocycles. The zero-order valence-corrected chi connectivity index (χ0v) is 17.4. The summed E-state index contributed by atoms with van der Waals surface area (Å²) in [5.41, 5.74) is 3.58. The summed E-state index contributed by atoms with van der Waals surface area (Å²) < 4.78 is 29.8. The van der Waals surface area contributed by atoms with Gasteiger partial charge in [0.15, 0.2) is 5.75 Å². The summed E-state index contributed by atoms with van der Waals surface area (Å²) in [6.07, 6.45) is 0. The topological polar surface area (TPSA) is 71.3 Å². The van der Waals surface area contributed by atoms with E-state index in [1.807, 2.05) is 42.7 Å². The lowest BCUT2D eigenvalue weighted by Gasteiger charge is -2.15. The van der Waals surface area contributed by atoms with Crippen LogP contribution in [0.25, 0.3) is 16.6 Å². The molecule has 0 amide bonds. The number of halogens is 1. The van der Waals surface area contributed by atoms with E-state index in [0.29, 0.717) is 5.69 Å². The first-order valence-electron chi connectivity index (χ1n) is 8.97. The molecule has 0 atom stereocenters. The Labute approximate surface area is 174 Å². The van der Waals surface area contributed by atoms with Crippen LogP contribution in [0.3, 0.4) is 0 Å². The molecule has 7 heteroatoms. The van der Waals surface area contributed by atoms with Crippen LogP contribution in [0, 0.1) is 13.8 Å². The first-order valence-corrected chi connectivity index (χ1v) is 10.8. The monoisotopic (exact) mass is 426 g/mol. The van der Waals surface area contributed by atoms with E-state index < -0.39 is 10.0 Å². The van der Waals surface area contributed by atoms with Crippen LogP contribution >= 0.6 is 11.6 Å². The second kappa shape index (κ2) is 7.13. The summed E-state index contributed by atoms with van der Waals surface area (Å²) in [5, 5.41) is 11.8. The molecule has 4 aromatic rings. The third-order valence-corrected chi connectivity index (χ3v) is 6.70. The van der Waals surface area contributed by atoms with Crippen LogP contribution in [0.5, 0.6) is 5.75 Å². The number of hydrogen-bond donors (Lipinski definition) is 2. The van der Waals surface area contributed by atoms with Gasteiger partial charge in [-0.3, -0.25) is 4.72 Å². The second-order valence-corrected chi connectivity index (χ2v) is 8.90. The van der Waals surface area contributed by atoms with Gasteiger partial charge in [0.25, 0.3) is 10.0 Å². The first-order chi connectivity index (χ1) is 13.8. The van der Waals surface area contributed by atoms with Gasteiger partial charge in [0.1, 0.15) is 0 Å². The van der Waals surface area contributed by atoms with Gasteiger partial charge in [-0.1, -0.05) is 48.0 Å². The fourth-order valence-corrected chi connectivity index (χ4v) is 4.74. The summed E-state index contributed by atoms with van der Waals surface area (Å²) in [6.45, 7) is 3.96. The standard InChI is InChI=1S/C22H19ClN2O3S/c1-14-15(2)25(20-11-7-6-10-18(14)20)21-13-16(12-19(23)22(21)26)24-29(27,28)17-8-4-3-5-9-17/h3-13,24,26H,1-2H3. The molecule has 148 valence electrons. The molecule has 0 aliphatic rings. The zero-order chi connectivity index (χ0) is 20.8. The van der Waals surface area contributed by atoms with Crippen LogP contribution in [0.4, 0.5) is 5.69 Å². The largest absolute Gasteiger partial charge is 0.504 e. The number of fused-ring (bicyclic) bond motifs is 1. The van der Waals surface area contributed by atoms with E-state index in [9.17, 15) is 13.5 Å². The minimum absolute atomic E-state index is 0.0584. The summed E-state index contributed by atoms with van der Waals surface area (Å²) in [6, 6.07) is 18.9.